The normalized spacial score (nSPS) is 10.6. The van der Waals surface area contributed by atoms with Crippen molar-refractivity contribution < 1.29 is 9.59 Å². The van der Waals surface area contributed by atoms with Crippen LogP contribution in [0.2, 0.25) is 0 Å². The van der Waals surface area contributed by atoms with E-state index < -0.39 is 11.8 Å². The van der Waals surface area contributed by atoms with Crippen molar-refractivity contribution in [3.8, 4) is 5.69 Å². The zero-order valence-electron chi connectivity index (χ0n) is 16.2. The molecule has 11 heteroatoms. The smallest absolute Gasteiger partial charge is 0.329 e. The highest BCUT2D eigenvalue weighted by molar-refractivity contribution is 6.39. The molecular weight excluding hydrogens is 402 g/mol. The Morgan fingerprint density at radius 2 is 1.71 bits per heavy atom. The van der Waals surface area contributed by atoms with Crippen LogP contribution in [-0.2, 0) is 16.6 Å². The molecule has 2 aromatic carbocycles. The molecule has 0 unspecified atom stereocenters. The quantitative estimate of drug-likeness (QED) is 0.280. The van der Waals surface area contributed by atoms with Crippen LogP contribution in [0.4, 0.5) is 11.4 Å². The van der Waals surface area contributed by atoms with Crippen molar-refractivity contribution in [2.75, 3.05) is 10.7 Å². The van der Waals surface area contributed by atoms with Crippen molar-refractivity contribution in [2.24, 2.45) is 7.05 Å². The van der Waals surface area contributed by atoms with Crippen molar-refractivity contribution in [1.82, 2.24) is 24.8 Å². The summed E-state index contributed by atoms with van der Waals surface area (Å²) in [4.78, 5) is 50.4. The average Bonchev–Trinajstić information content (AvgIpc) is 3.11. The van der Waals surface area contributed by atoms with Gasteiger partial charge in [0, 0.05) is 24.3 Å². The maximum atomic E-state index is 12.1. The molecule has 31 heavy (non-hydrogen) atoms. The van der Waals surface area contributed by atoms with Crippen molar-refractivity contribution in [3.05, 3.63) is 81.9 Å². The molecule has 0 bridgehead atoms. The summed E-state index contributed by atoms with van der Waals surface area (Å²) in [7, 11) is 1.59. The highest BCUT2D eigenvalue weighted by Crippen LogP contribution is 2.15. The fraction of sp³-hybridized carbons (Fsp3) is 0.0500. The number of nitrogens with zero attached hydrogens (tertiary/aromatic N) is 3. The summed E-state index contributed by atoms with van der Waals surface area (Å²) < 4.78 is 2.54. The van der Waals surface area contributed by atoms with Gasteiger partial charge in [0.1, 0.15) is 6.33 Å². The molecule has 0 aliphatic carbocycles. The molecule has 0 atom stereocenters. The Balaban J connectivity index is 1.37. The van der Waals surface area contributed by atoms with Crippen LogP contribution in [0.25, 0.3) is 16.5 Å². The van der Waals surface area contributed by atoms with Gasteiger partial charge in [-0.15, -0.1) is 0 Å². The molecule has 0 saturated carbocycles. The number of benzene rings is 2. The predicted octanol–water partition coefficient (Wildman–Crippen LogP) is 0.494. The Bertz CT molecular complexity index is 1400. The number of amides is 2. The highest BCUT2D eigenvalue weighted by Gasteiger charge is 2.14. The molecule has 0 fully saturated rings. The van der Waals surface area contributed by atoms with Gasteiger partial charge >= 0.3 is 17.5 Å². The van der Waals surface area contributed by atoms with Crippen LogP contribution in [-0.4, -0.2) is 31.1 Å². The second kappa shape index (κ2) is 7.99. The molecule has 2 aromatic heterocycles. The lowest BCUT2D eigenvalue weighted by molar-refractivity contribution is -0.135. The topological polar surface area (TPSA) is 143 Å². The summed E-state index contributed by atoms with van der Waals surface area (Å²) in [6.07, 6.45) is 2.92. The number of hydrogen-bond acceptors (Lipinski definition) is 6. The lowest BCUT2D eigenvalue weighted by Gasteiger charge is -2.10. The fourth-order valence-corrected chi connectivity index (χ4v) is 2.88. The van der Waals surface area contributed by atoms with Crippen molar-refractivity contribution >= 4 is 34.0 Å². The second-order valence-electron chi connectivity index (χ2n) is 6.63. The van der Waals surface area contributed by atoms with Gasteiger partial charge in [0.15, 0.2) is 0 Å². The average molecular weight is 419 g/mol. The number of pyridine rings is 1. The molecule has 0 aliphatic heterocycles. The first kappa shape index (κ1) is 19.6. The molecule has 0 radical (unpaired) electrons. The number of hydrogen-bond donors (Lipinski definition) is 4. The Morgan fingerprint density at radius 3 is 2.42 bits per heavy atom. The third-order valence-corrected chi connectivity index (χ3v) is 4.49. The predicted molar refractivity (Wildman–Crippen MR) is 114 cm³/mol. The van der Waals surface area contributed by atoms with Crippen LogP contribution in [0.15, 0.2) is 70.6 Å². The number of nitrogens with one attached hydrogen (secondary N) is 4. The number of carbonyl (C=O) groups excluding carboxylic acids is 2. The number of fused-ring (bicyclic) bond motifs is 1. The number of aryl methyl sites for hydroxylation is 1. The van der Waals surface area contributed by atoms with E-state index in [1.165, 1.54) is 21.8 Å². The van der Waals surface area contributed by atoms with E-state index in [0.29, 0.717) is 27.8 Å². The molecule has 0 aliphatic rings. The van der Waals surface area contributed by atoms with E-state index in [4.69, 9.17) is 0 Å². The molecule has 156 valence electrons. The molecule has 2 heterocycles. The zero-order chi connectivity index (χ0) is 22.0. The minimum atomic E-state index is -0.906. The van der Waals surface area contributed by atoms with Gasteiger partial charge in [-0.25, -0.2) is 4.79 Å². The van der Waals surface area contributed by atoms with Gasteiger partial charge in [-0.05, 0) is 53.9 Å². The first-order chi connectivity index (χ1) is 14.9. The number of rotatable bonds is 4. The van der Waals surface area contributed by atoms with Crippen LogP contribution >= 0.6 is 0 Å². The number of aromatic nitrogens is 4. The molecular formula is C20H17N7O4. The van der Waals surface area contributed by atoms with Gasteiger partial charge in [0.25, 0.3) is 5.56 Å². The van der Waals surface area contributed by atoms with Crippen LogP contribution in [0.3, 0.4) is 0 Å². The minimum Gasteiger partial charge on any atom is -0.329 e. The number of anilines is 2. The summed E-state index contributed by atoms with van der Waals surface area (Å²) >= 11 is 0. The van der Waals surface area contributed by atoms with E-state index >= 15 is 0 Å². The largest absolute Gasteiger partial charge is 0.350 e. The molecule has 11 nitrogen and oxygen atoms in total. The third-order valence-electron chi connectivity index (χ3n) is 4.49. The summed E-state index contributed by atoms with van der Waals surface area (Å²) in [5.41, 5.74) is 5.82. The van der Waals surface area contributed by atoms with Crippen LogP contribution in [0.1, 0.15) is 0 Å². The van der Waals surface area contributed by atoms with E-state index in [-0.39, 0.29) is 11.2 Å². The molecule has 2 amide bonds. The minimum absolute atomic E-state index is 0.216. The van der Waals surface area contributed by atoms with Gasteiger partial charge in [-0.2, -0.15) is 9.78 Å². The first-order valence-electron chi connectivity index (χ1n) is 9.12. The van der Waals surface area contributed by atoms with Crippen molar-refractivity contribution in [2.45, 2.75) is 0 Å². The summed E-state index contributed by atoms with van der Waals surface area (Å²) in [6, 6.07) is 12.9. The highest BCUT2D eigenvalue weighted by atomic mass is 16.2. The summed E-state index contributed by atoms with van der Waals surface area (Å²) in [6.45, 7) is 0. The number of hydrazine groups is 1. The van der Waals surface area contributed by atoms with E-state index in [1.807, 2.05) is 0 Å². The van der Waals surface area contributed by atoms with E-state index in [9.17, 15) is 19.2 Å². The Morgan fingerprint density at radius 1 is 0.968 bits per heavy atom. The number of aromatic amines is 1. The van der Waals surface area contributed by atoms with E-state index in [1.54, 1.807) is 55.6 Å². The van der Waals surface area contributed by atoms with Gasteiger partial charge in [-0.1, -0.05) is 0 Å². The number of carbonyl (C=O) groups is 2. The third kappa shape index (κ3) is 4.05. The van der Waals surface area contributed by atoms with Gasteiger partial charge < -0.3 is 10.3 Å². The van der Waals surface area contributed by atoms with Gasteiger partial charge in [-0.3, -0.25) is 29.8 Å². The van der Waals surface area contributed by atoms with Crippen molar-refractivity contribution in [3.63, 3.8) is 0 Å². The van der Waals surface area contributed by atoms with E-state index in [2.05, 4.69) is 26.3 Å². The lowest BCUT2D eigenvalue weighted by atomic mass is 10.1. The second-order valence-corrected chi connectivity index (χ2v) is 6.63. The SMILES string of the molecule is Cn1cnn(-c2ccc(NC(=O)C(=O)NNc3ccc4c(=O)[nH]ccc4c3)cc2)c1=O. The zero-order valence-corrected chi connectivity index (χ0v) is 16.2. The van der Waals surface area contributed by atoms with Crippen LogP contribution in [0.5, 0.6) is 0 Å². The molecule has 4 N–H and O–H groups in total. The molecule has 0 spiro atoms. The van der Waals surface area contributed by atoms with E-state index in [0.717, 1.165) is 0 Å². The Labute approximate surface area is 174 Å². The lowest BCUT2D eigenvalue weighted by Crippen LogP contribution is -2.38. The molecule has 4 rings (SSSR count). The molecule has 0 saturated heterocycles. The Hall–Kier alpha value is -4.67. The summed E-state index contributed by atoms with van der Waals surface area (Å²) in [5.74, 6) is -1.79. The molecule has 4 aromatic rings. The number of H-pyrrole nitrogens is 1. The summed E-state index contributed by atoms with van der Waals surface area (Å²) in [5, 5.41) is 7.62. The van der Waals surface area contributed by atoms with Crippen LogP contribution in [0, 0.1) is 0 Å². The maximum Gasteiger partial charge on any atom is 0.350 e. The first-order valence-corrected chi connectivity index (χ1v) is 9.12. The monoisotopic (exact) mass is 419 g/mol. The van der Waals surface area contributed by atoms with Crippen molar-refractivity contribution in [1.29, 1.82) is 0 Å². The fourth-order valence-electron chi connectivity index (χ4n) is 2.88. The standard InChI is InChI=1S/C20H17N7O4/c1-26-11-22-27(20(26)31)15-5-2-13(3-6-15)23-18(29)19(30)25-24-14-4-7-16-12(10-14)8-9-21-17(16)28/h2-11,24H,1H3,(H,21,28)(H,23,29)(H,25,30). The Kier molecular flexibility index (Phi) is 5.06. The van der Waals surface area contributed by atoms with Crippen LogP contribution < -0.4 is 27.4 Å². The van der Waals surface area contributed by atoms with Gasteiger partial charge in [0.05, 0.1) is 11.4 Å². The maximum absolute atomic E-state index is 12.1. The van der Waals surface area contributed by atoms with Gasteiger partial charge in [0.2, 0.25) is 0 Å².